The molecule has 2 heterocycles. The van der Waals surface area contributed by atoms with Gasteiger partial charge in [-0.25, -0.2) is 0 Å². The molecule has 2 aliphatic rings. The fourth-order valence-electron chi connectivity index (χ4n) is 3.50. The maximum atomic E-state index is 12.1. The molecule has 0 spiro atoms. The number of hydrogen-bond donors (Lipinski definition) is 1. The Hall–Kier alpha value is -2.88. The van der Waals surface area contributed by atoms with Crippen LogP contribution in [0.25, 0.3) is 0 Å². The molecule has 132 valence electrons. The van der Waals surface area contributed by atoms with Gasteiger partial charge in [0.15, 0.2) is 0 Å². The Balaban J connectivity index is 1.33. The molecule has 4 rings (SSSR count). The molecule has 0 saturated heterocycles. The molecule has 1 aromatic carbocycles. The topological polar surface area (TPSA) is 45.2 Å². The number of hydrogen-bond acceptors (Lipinski definition) is 3. The van der Waals surface area contributed by atoms with Crippen molar-refractivity contribution >= 4 is 5.91 Å². The van der Waals surface area contributed by atoms with Crippen molar-refractivity contribution in [2.75, 3.05) is 19.6 Å². The van der Waals surface area contributed by atoms with Gasteiger partial charge in [-0.1, -0.05) is 24.3 Å². The third-order valence-electron chi connectivity index (χ3n) is 5.09. The molecule has 0 atom stereocenters. The van der Waals surface area contributed by atoms with Crippen LogP contribution < -0.4 is 5.32 Å². The zero-order valence-electron chi connectivity index (χ0n) is 14.8. The normalized spacial score (nSPS) is 15.5. The summed E-state index contributed by atoms with van der Waals surface area (Å²) in [6.45, 7) is 2.80. The Bertz CT molecular complexity index is 855. The SMILES string of the molecule is O=C(NCCc1ccc2c(c1)CCN(C1=CC=C1)CC2)c1cccnc1. The Kier molecular flexibility index (Phi) is 4.82. The first-order valence-corrected chi connectivity index (χ1v) is 9.22. The van der Waals surface area contributed by atoms with Crippen molar-refractivity contribution in [2.45, 2.75) is 19.3 Å². The van der Waals surface area contributed by atoms with Crippen molar-refractivity contribution in [3.63, 3.8) is 0 Å². The number of pyridine rings is 1. The standard InChI is InChI=1S/C22H23N3O/c26-22(20-3-2-11-23-16-20)24-12-8-17-6-7-18-9-13-25(21-4-1-5-21)14-10-19(18)15-17/h1-7,11,15-16H,8-10,12-14H2,(H,24,26). The van der Waals surface area contributed by atoms with Gasteiger partial charge in [0.25, 0.3) is 5.91 Å². The van der Waals surface area contributed by atoms with Crippen LogP contribution in [0.3, 0.4) is 0 Å². The summed E-state index contributed by atoms with van der Waals surface area (Å²) in [5.41, 5.74) is 6.16. The number of carbonyl (C=O) groups excluding carboxylic acids is 1. The van der Waals surface area contributed by atoms with Crippen LogP contribution in [-0.2, 0) is 19.3 Å². The van der Waals surface area contributed by atoms with Crippen LogP contribution in [0.2, 0.25) is 0 Å². The fraction of sp³-hybridized carbons (Fsp3) is 0.273. The molecule has 4 nitrogen and oxygen atoms in total. The number of rotatable bonds is 5. The number of benzene rings is 1. The van der Waals surface area contributed by atoms with E-state index in [9.17, 15) is 4.79 Å². The van der Waals surface area contributed by atoms with Gasteiger partial charge in [-0.2, -0.15) is 0 Å². The van der Waals surface area contributed by atoms with E-state index in [1.54, 1.807) is 24.5 Å². The van der Waals surface area contributed by atoms with Gasteiger partial charge >= 0.3 is 0 Å². The predicted molar refractivity (Wildman–Crippen MR) is 103 cm³/mol. The molecule has 0 radical (unpaired) electrons. The summed E-state index contributed by atoms with van der Waals surface area (Å²) in [5, 5.41) is 2.97. The third-order valence-corrected chi connectivity index (χ3v) is 5.09. The van der Waals surface area contributed by atoms with E-state index in [1.165, 1.54) is 22.4 Å². The number of nitrogens with one attached hydrogen (secondary N) is 1. The first-order valence-electron chi connectivity index (χ1n) is 9.22. The molecule has 1 aliphatic heterocycles. The monoisotopic (exact) mass is 345 g/mol. The summed E-state index contributed by atoms with van der Waals surface area (Å²) in [4.78, 5) is 18.5. The molecule has 1 aliphatic carbocycles. The molecule has 26 heavy (non-hydrogen) atoms. The highest BCUT2D eigenvalue weighted by Gasteiger charge is 2.16. The fourth-order valence-corrected chi connectivity index (χ4v) is 3.50. The molecular formula is C22H23N3O. The predicted octanol–water partition coefficient (Wildman–Crippen LogP) is 2.91. The highest BCUT2D eigenvalue weighted by atomic mass is 16.1. The minimum atomic E-state index is -0.0645. The van der Waals surface area contributed by atoms with Crippen molar-refractivity contribution in [2.24, 2.45) is 0 Å². The Morgan fingerprint density at radius 1 is 1.15 bits per heavy atom. The van der Waals surface area contributed by atoms with Crippen LogP contribution in [0.4, 0.5) is 0 Å². The second kappa shape index (κ2) is 7.56. The minimum Gasteiger partial charge on any atom is -0.371 e. The van der Waals surface area contributed by atoms with Gasteiger partial charge in [0, 0.05) is 37.7 Å². The summed E-state index contributed by atoms with van der Waals surface area (Å²) in [5.74, 6) is -0.0645. The van der Waals surface area contributed by atoms with Gasteiger partial charge in [-0.15, -0.1) is 0 Å². The van der Waals surface area contributed by atoms with Crippen molar-refractivity contribution in [1.29, 1.82) is 0 Å². The van der Waals surface area contributed by atoms with E-state index in [2.05, 4.69) is 51.6 Å². The lowest BCUT2D eigenvalue weighted by atomic mass is 9.99. The van der Waals surface area contributed by atoms with Gasteiger partial charge in [0.1, 0.15) is 0 Å². The molecule has 0 saturated carbocycles. The average Bonchev–Trinajstić information content (AvgIpc) is 2.84. The van der Waals surface area contributed by atoms with Gasteiger partial charge in [0.05, 0.1) is 5.56 Å². The van der Waals surface area contributed by atoms with Crippen molar-refractivity contribution in [1.82, 2.24) is 15.2 Å². The van der Waals surface area contributed by atoms with E-state index in [0.717, 1.165) is 32.4 Å². The van der Waals surface area contributed by atoms with Crippen molar-refractivity contribution < 1.29 is 4.79 Å². The Labute approximate surface area is 154 Å². The highest BCUT2D eigenvalue weighted by molar-refractivity contribution is 5.93. The first-order chi connectivity index (χ1) is 12.8. The average molecular weight is 345 g/mol. The zero-order chi connectivity index (χ0) is 17.8. The molecule has 1 aromatic heterocycles. The van der Waals surface area contributed by atoms with Gasteiger partial charge in [-0.3, -0.25) is 9.78 Å². The number of allylic oxidation sites excluding steroid dienone is 3. The van der Waals surface area contributed by atoms with Crippen LogP contribution in [0.1, 0.15) is 27.0 Å². The Morgan fingerprint density at radius 3 is 2.73 bits per heavy atom. The second-order valence-corrected chi connectivity index (χ2v) is 6.79. The van der Waals surface area contributed by atoms with E-state index >= 15 is 0 Å². The zero-order valence-corrected chi connectivity index (χ0v) is 14.8. The summed E-state index contributed by atoms with van der Waals surface area (Å²) in [6.07, 6.45) is 12.8. The quantitative estimate of drug-likeness (QED) is 0.906. The van der Waals surface area contributed by atoms with Gasteiger partial charge in [-0.05, 0) is 60.2 Å². The molecule has 2 aromatic rings. The van der Waals surface area contributed by atoms with E-state index in [-0.39, 0.29) is 5.91 Å². The van der Waals surface area contributed by atoms with Crippen molar-refractivity contribution in [3.05, 3.63) is 88.9 Å². The number of carbonyl (C=O) groups is 1. The van der Waals surface area contributed by atoms with Crippen LogP contribution >= 0.6 is 0 Å². The molecule has 0 bridgehead atoms. The van der Waals surface area contributed by atoms with Crippen LogP contribution in [0.15, 0.2) is 66.7 Å². The minimum absolute atomic E-state index is 0.0645. The molecule has 1 amide bonds. The maximum absolute atomic E-state index is 12.1. The molecular weight excluding hydrogens is 322 g/mol. The third kappa shape index (κ3) is 3.69. The lowest BCUT2D eigenvalue weighted by Crippen LogP contribution is -2.26. The number of amides is 1. The molecule has 0 unspecified atom stereocenters. The van der Waals surface area contributed by atoms with Crippen LogP contribution in [0.5, 0.6) is 0 Å². The van der Waals surface area contributed by atoms with E-state index in [1.807, 2.05) is 0 Å². The lowest BCUT2D eigenvalue weighted by Gasteiger charge is -2.26. The Morgan fingerprint density at radius 2 is 2.00 bits per heavy atom. The number of fused-ring (bicyclic) bond motifs is 1. The summed E-state index contributed by atoms with van der Waals surface area (Å²) in [6, 6.07) is 10.3. The van der Waals surface area contributed by atoms with Crippen molar-refractivity contribution in [3.8, 4) is 0 Å². The summed E-state index contributed by atoms with van der Waals surface area (Å²) < 4.78 is 0. The first kappa shape index (κ1) is 16.6. The summed E-state index contributed by atoms with van der Waals surface area (Å²) in [7, 11) is 0. The number of nitrogens with zero attached hydrogens (tertiary/aromatic N) is 2. The summed E-state index contributed by atoms with van der Waals surface area (Å²) >= 11 is 0. The largest absolute Gasteiger partial charge is 0.371 e. The molecule has 4 heteroatoms. The van der Waals surface area contributed by atoms with E-state index < -0.39 is 0 Å². The highest BCUT2D eigenvalue weighted by Crippen LogP contribution is 2.22. The number of aromatic nitrogens is 1. The van der Waals surface area contributed by atoms with Gasteiger partial charge in [0.2, 0.25) is 0 Å². The smallest absolute Gasteiger partial charge is 0.252 e. The molecule has 0 fully saturated rings. The van der Waals surface area contributed by atoms with E-state index in [4.69, 9.17) is 0 Å². The van der Waals surface area contributed by atoms with Crippen LogP contribution in [0, 0.1) is 0 Å². The van der Waals surface area contributed by atoms with E-state index in [0.29, 0.717) is 12.1 Å². The maximum Gasteiger partial charge on any atom is 0.252 e. The lowest BCUT2D eigenvalue weighted by molar-refractivity contribution is 0.0954. The van der Waals surface area contributed by atoms with Crippen LogP contribution in [-0.4, -0.2) is 35.4 Å². The molecule has 1 N–H and O–H groups in total. The second-order valence-electron chi connectivity index (χ2n) is 6.79. The van der Waals surface area contributed by atoms with Gasteiger partial charge < -0.3 is 10.2 Å².